The van der Waals surface area contributed by atoms with Crippen molar-refractivity contribution >= 4 is 27.7 Å². The van der Waals surface area contributed by atoms with E-state index in [2.05, 4.69) is 9.97 Å². The molecular formula is C13H9N3O2. The van der Waals surface area contributed by atoms with Crippen LogP contribution >= 0.6 is 0 Å². The van der Waals surface area contributed by atoms with Crippen molar-refractivity contribution in [1.82, 2.24) is 9.97 Å². The molecule has 0 radical (unpaired) electrons. The molecule has 1 amide bonds. The van der Waals surface area contributed by atoms with Crippen molar-refractivity contribution < 1.29 is 4.79 Å². The third-order valence-corrected chi connectivity index (χ3v) is 2.88. The number of carbonyl (C=O) groups excluding carboxylic acids is 1. The Balaban J connectivity index is 2.55. The van der Waals surface area contributed by atoms with Gasteiger partial charge in [0.2, 0.25) is 5.91 Å². The number of amides is 1. The molecule has 0 bridgehead atoms. The quantitative estimate of drug-likeness (QED) is 0.625. The van der Waals surface area contributed by atoms with E-state index in [9.17, 15) is 9.59 Å². The summed E-state index contributed by atoms with van der Waals surface area (Å²) >= 11 is 0. The minimum absolute atomic E-state index is 0.229. The van der Waals surface area contributed by atoms with E-state index in [1.807, 2.05) is 6.07 Å². The van der Waals surface area contributed by atoms with Gasteiger partial charge in [-0.25, -0.2) is 4.98 Å². The lowest BCUT2D eigenvalue weighted by Crippen LogP contribution is -2.12. The molecule has 2 heterocycles. The number of H-pyrrole nitrogens is 1. The maximum atomic E-state index is 11.9. The van der Waals surface area contributed by atoms with Crippen LogP contribution in [0.4, 0.5) is 0 Å². The summed E-state index contributed by atoms with van der Waals surface area (Å²) in [4.78, 5) is 29.8. The standard InChI is InChI=1S/C13H9N3O2/c14-11(17)7-3-4-9-10(6-7)8-2-1-5-15-12(8)16-13(9)18/h1-6H,(H2,14,17)(H,15,16,18). The highest BCUT2D eigenvalue weighted by Gasteiger charge is 2.08. The summed E-state index contributed by atoms with van der Waals surface area (Å²) in [6.45, 7) is 0. The number of aromatic amines is 1. The number of nitrogens with zero attached hydrogens (tertiary/aromatic N) is 1. The van der Waals surface area contributed by atoms with E-state index < -0.39 is 5.91 Å². The molecule has 18 heavy (non-hydrogen) atoms. The number of primary amides is 1. The van der Waals surface area contributed by atoms with Crippen molar-refractivity contribution in [2.75, 3.05) is 0 Å². The van der Waals surface area contributed by atoms with Gasteiger partial charge in [0.1, 0.15) is 5.65 Å². The first-order valence-corrected chi connectivity index (χ1v) is 5.37. The molecule has 0 aliphatic heterocycles. The zero-order chi connectivity index (χ0) is 12.7. The smallest absolute Gasteiger partial charge is 0.257 e. The van der Waals surface area contributed by atoms with E-state index in [4.69, 9.17) is 5.73 Å². The monoisotopic (exact) mass is 239 g/mol. The van der Waals surface area contributed by atoms with Crippen molar-refractivity contribution in [2.24, 2.45) is 5.73 Å². The van der Waals surface area contributed by atoms with Crippen LogP contribution in [0.3, 0.4) is 0 Å². The van der Waals surface area contributed by atoms with Gasteiger partial charge in [0, 0.05) is 22.5 Å². The van der Waals surface area contributed by atoms with Crippen LogP contribution in [0.25, 0.3) is 21.8 Å². The van der Waals surface area contributed by atoms with Crippen LogP contribution in [0, 0.1) is 0 Å². The van der Waals surface area contributed by atoms with Gasteiger partial charge >= 0.3 is 0 Å². The van der Waals surface area contributed by atoms with Crippen LogP contribution in [-0.4, -0.2) is 15.9 Å². The van der Waals surface area contributed by atoms with Gasteiger partial charge in [-0.05, 0) is 35.7 Å². The number of hydrogen-bond donors (Lipinski definition) is 2. The molecule has 0 aliphatic carbocycles. The number of nitrogens with one attached hydrogen (secondary N) is 1. The maximum absolute atomic E-state index is 11.9. The molecule has 1 aromatic carbocycles. The highest BCUT2D eigenvalue weighted by molar-refractivity contribution is 6.07. The summed E-state index contributed by atoms with van der Waals surface area (Å²) in [5.41, 5.74) is 5.89. The highest BCUT2D eigenvalue weighted by atomic mass is 16.1. The van der Waals surface area contributed by atoms with Crippen LogP contribution < -0.4 is 11.3 Å². The topological polar surface area (TPSA) is 88.8 Å². The summed E-state index contributed by atoms with van der Waals surface area (Å²) in [6, 6.07) is 8.38. The SMILES string of the molecule is NC(=O)c1ccc2c(=O)[nH]c3ncccc3c2c1. The Bertz CT molecular complexity index is 836. The lowest BCUT2D eigenvalue weighted by Gasteiger charge is -2.03. The Morgan fingerprint density at radius 2 is 2.00 bits per heavy atom. The van der Waals surface area contributed by atoms with Gasteiger partial charge in [-0.15, -0.1) is 0 Å². The largest absolute Gasteiger partial charge is 0.366 e. The van der Waals surface area contributed by atoms with E-state index in [0.29, 0.717) is 22.0 Å². The normalized spacial score (nSPS) is 10.9. The number of benzene rings is 1. The molecule has 0 aliphatic rings. The first-order valence-electron chi connectivity index (χ1n) is 5.37. The van der Waals surface area contributed by atoms with Gasteiger partial charge in [0.25, 0.3) is 5.56 Å². The van der Waals surface area contributed by atoms with Crippen LogP contribution in [0.5, 0.6) is 0 Å². The summed E-state index contributed by atoms with van der Waals surface area (Å²) in [5.74, 6) is -0.519. The number of hydrogen-bond acceptors (Lipinski definition) is 3. The minimum atomic E-state index is -0.519. The number of fused-ring (bicyclic) bond motifs is 3. The van der Waals surface area contributed by atoms with Gasteiger partial charge in [-0.3, -0.25) is 9.59 Å². The number of pyridine rings is 2. The number of rotatable bonds is 1. The van der Waals surface area contributed by atoms with E-state index in [1.54, 1.807) is 30.5 Å². The molecule has 2 aromatic heterocycles. The third kappa shape index (κ3) is 1.45. The van der Waals surface area contributed by atoms with Gasteiger partial charge in [-0.1, -0.05) is 0 Å². The van der Waals surface area contributed by atoms with Crippen molar-refractivity contribution in [2.45, 2.75) is 0 Å². The van der Waals surface area contributed by atoms with Gasteiger partial charge < -0.3 is 10.7 Å². The fourth-order valence-electron chi connectivity index (χ4n) is 2.02. The molecule has 0 spiro atoms. The minimum Gasteiger partial charge on any atom is -0.366 e. The van der Waals surface area contributed by atoms with Crippen LogP contribution in [0.1, 0.15) is 10.4 Å². The first kappa shape index (κ1) is 10.5. The molecule has 3 aromatic rings. The molecule has 3 N–H and O–H groups in total. The van der Waals surface area contributed by atoms with Crippen LogP contribution in [0.15, 0.2) is 41.3 Å². The zero-order valence-corrected chi connectivity index (χ0v) is 9.31. The average Bonchev–Trinajstić information content (AvgIpc) is 2.38. The Morgan fingerprint density at radius 1 is 1.17 bits per heavy atom. The molecule has 0 saturated carbocycles. The second kappa shape index (κ2) is 3.66. The molecule has 5 nitrogen and oxygen atoms in total. The summed E-state index contributed by atoms with van der Waals surface area (Å²) in [5, 5.41) is 1.98. The van der Waals surface area contributed by atoms with Crippen LogP contribution in [-0.2, 0) is 0 Å². The van der Waals surface area contributed by atoms with Crippen molar-refractivity contribution in [3.05, 3.63) is 52.4 Å². The third-order valence-electron chi connectivity index (χ3n) is 2.88. The lowest BCUT2D eigenvalue weighted by atomic mass is 10.1. The fraction of sp³-hybridized carbons (Fsp3) is 0. The van der Waals surface area contributed by atoms with E-state index in [-0.39, 0.29) is 5.56 Å². The number of nitrogens with two attached hydrogens (primary N) is 1. The Hall–Kier alpha value is -2.69. The van der Waals surface area contributed by atoms with E-state index >= 15 is 0 Å². The van der Waals surface area contributed by atoms with Crippen molar-refractivity contribution in [3.63, 3.8) is 0 Å². The Labute approximate surface area is 101 Å². The zero-order valence-electron chi connectivity index (χ0n) is 9.31. The molecule has 0 saturated heterocycles. The maximum Gasteiger partial charge on any atom is 0.257 e. The number of aromatic nitrogens is 2. The molecule has 0 atom stereocenters. The van der Waals surface area contributed by atoms with E-state index in [0.717, 1.165) is 5.39 Å². The van der Waals surface area contributed by atoms with Crippen LogP contribution in [0.2, 0.25) is 0 Å². The van der Waals surface area contributed by atoms with Gasteiger partial charge in [0.05, 0.1) is 0 Å². The molecule has 0 unspecified atom stereocenters. The molecule has 0 fully saturated rings. The second-order valence-electron chi connectivity index (χ2n) is 3.98. The predicted molar refractivity (Wildman–Crippen MR) is 68.4 cm³/mol. The predicted octanol–water partition coefficient (Wildman–Crippen LogP) is 1.18. The molecule has 88 valence electrons. The second-order valence-corrected chi connectivity index (χ2v) is 3.98. The van der Waals surface area contributed by atoms with Gasteiger partial charge in [0.15, 0.2) is 0 Å². The summed E-state index contributed by atoms with van der Waals surface area (Å²) < 4.78 is 0. The molecule has 3 rings (SSSR count). The average molecular weight is 239 g/mol. The Kier molecular flexibility index (Phi) is 2.13. The van der Waals surface area contributed by atoms with Crippen molar-refractivity contribution in [1.29, 1.82) is 0 Å². The summed E-state index contributed by atoms with van der Waals surface area (Å²) in [7, 11) is 0. The van der Waals surface area contributed by atoms with Crippen molar-refractivity contribution in [3.8, 4) is 0 Å². The first-order chi connectivity index (χ1) is 8.66. The molecular weight excluding hydrogens is 230 g/mol. The Morgan fingerprint density at radius 3 is 2.78 bits per heavy atom. The number of carbonyl (C=O) groups is 1. The highest BCUT2D eigenvalue weighted by Crippen LogP contribution is 2.20. The molecule has 5 heteroatoms. The summed E-state index contributed by atoms with van der Waals surface area (Å²) in [6.07, 6.45) is 1.60. The fourth-order valence-corrected chi connectivity index (χ4v) is 2.02. The lowest BCUT2D eigenvalue weighted by molar-refractivity contribution is 0.100. The van der Waals surface area contributed by atoms with Gasteiger partial charge in [-0.2, -0.15) is 0 Å². The van der Waals surface area contributed by atoms with E-state index in [1.165, 1.54) is 0 Å².